The van der Waals surface area contributed by atoms with E-state index in [-0.39, 0.29) is 10.9 Å². The highest BCUT2D eigenvalue weighted by Crippen LogP contribution is 2.17. The summed E-state index contributed by atoms with van der Waals surface area (Å²) in [4.78, 5) is 0.185. The maximum atomic E-state index is 12.1. The molecule has 0 radical (unpaired) electrons. The zero-order chi connectivity index (χ0) is 13.2. The lowest BCUT2D eigenvalue weighted by atomic mass is 10.1. The summed E-state index contributed by atoms with van der Waals surface area (Å²) in [5.74, 6) is 0. The van der Waals surface area contributed by atoms with Gasteiger partial charge in [0.25, 0.3) is 0 Å². The fourth-order valence-corrected chi connectivity index (χ4v) is 3.09. The molecule has 0 aliphatic carbocycles. The summed E-state index contributed by atoms with van der Waals surface area (Å²) in [6.07, 6.45) is 1.31. The molecule has 0 spiro atoms. The molecule has 2 N–H and O–H groups in total. The molecule has 0 saturated heterocycles. The van der Waals surface area contributed by atoms with Gasteiger partial charge in [0.05, 0.1) is 11.9 Å². The highest BCUT2D eigenvalue weighted by Gasteiger charge is 2.21. The summed E-state index contributed by atoms with van der Waals surface area (Å²) < 4.78 is 26.9. The molecule has 96 valence electrons. The van der Waals surface area contributed by atoms with Crippen LogP contribution < -0.4 is 4.72 Å². The minimum atomic E-state index is -3.54. The van der Waals surface area contributed by atoms with Gasteiger partial charge in [-0.3, -0.25) is 5.10 Å². The maximum absolute atomic E-state index is 12.1. The number of nitrogens with one attached hydrogen (secondary N) is 2. The van der Waals surface area contributed by atoms with Crippen LogP contribution in [0.5, 0.6) is 0 Å². The second kappa shape index (κ2) is 4.91. The quantitative estimate of drug-likeness (QED) is 0.884. The second-order valence-electron chi connectivity index (χ2n) is 4.11. The number of aromatic nitrogens is 2. The van der Waals surface area contributed by atoms with Gasteiger partial charge in [-0.05, 0) is 19.4 Å². The Morgan fingerprint density at radius 3 is 2.50 bits per heavy atom. The van der Waals surface area contributed by atoms with Crippen LogP contribution in [0, 0.1) is 6.92 Å². The molecule has 0 unspecified atom stereocenters. The summed E-state index contributed by atoms with van der Waals surface area (Å²) in [5.41, 5.74) is 1.45. The molecule has 0 aliphatic rings. The van der Waals surface area contributed by atoms with Crippen LogP contribution in [0.15, 0.2) is 41.4 Å². The third-order valence-electron chi connectivity index (χ3n) is 2.70. The number of aromatic amines is 1. The minimum Gasteiger partial charge on any atom is -0.281 e. The predicted molar refractivity (Wildman–Crippen MR) is 68.5 cm³/mol. The van der Waals surface area contributed by atoms with E-state index in [2.05, 4.69) is 14.9 Å². The van der Waals surface area contributed by atoms with Gasteiger partial charge in [-0.25, -0.2) is 13.1 Å². The second-order valence-corrected chi connectivity index (χ2v) is 5.80. The van der Waals surface area contributed by atoms with Gasteiger partial charge in [0.1, 0.15) is 4.90 Å². The van der Waals surface area contributed by atoms with Gasteiger partial charge in [-0.2, -0.15) is 5.10 Å². The maximum Gasteiger partial charge on any atom is 0.244 e. The molecule has 0 amide bonds. The van der Waals surface area contributed by atoms with E-state index in [0.29, 0.717) is 5.69 Å². The summed E-state index contributed by atoms with van der Waals surface area (Å²) in [7, 11) is -3.54. The van der Waals surface area contributed by atoms with Gasteiger partial charge >= 0.3 is 0 Å². The first-order valence-electron chi connectivity index (χ1n) is 5.58. The SMILES string of the molecule is Cc1[nH]ncc1S(=O)(=O)N[C@H](C)c1ccccc1. The van der Waals surface area contributed by atoms with Crippen molar-refractivity contribution in [1.29, 1.82) is 0 Å². The van der Waals surface area contributed by atoms with Gasteiger partial charge in [0.2, 0.25) is 10.0 Å². The van der Waals surface area contributed by atoms with Crippen molar-refractivity contribution < 1.29 is 8.42 Å². The smallest absolute Gasteiger partial charge is 0.244 e. The number of hydrogen-bond acceptors (Lipinski definition) is 3. The van der Waals surface area contributed by atoms with Crippen LogP contribution in [0.2, 0.25) is 0 Å². The van der Waals surface area contributed by atoms with Crippen molar-refractivity contribution >= 4 is 10.0 Å². The molecule has 6 heteroatoms. The number of H-pyrrole nitrogens is 1. The molecule has 2 aromatic rings. The van der Waals surface area contributed by atoms with Gasteiger partial charge in [0.15, 0.2) is 0 Å². The van der Waals surface area contributed by atoms with Crippen LogP contribution in [-0.4, -0.2) is 18.6 Å². The van der Waals surface area contributed by atoms with Crippen molar-refractivity contribution in [2.24, 2.45) is 0 Å². The molecule has 0 bridgehead atoms. The Kier molecular flexibility index (Phi) is 3.49. The number of benzene rings is 1. The normalized spacial score (nSPS) is 13.4. The monoisotopic (exact) mass is 265 g/mol. The first-order chi connectivity index (χ1) is 8.50. The summed E-state index contributed by atoms with van der Waals surface area (Å²) in [6.45, 7) is 3.48. The van der Waals surface area contributed by atoms with E-state index >= 15 is 0 Å². The molecule has 1 atom stereocenters. The molecular weight excluding hydrogens is 250 g/mol. The summed E-state index contributed by atoms with van der Waals surface area (Å²) in [6, 6.07) is 9.13. The van der Waals surface area contributed by atoms with Crippen molar-refractivity contribution in [3.05, 3.63) is 47.8 Å². The van der Waals surface area contributed by atoms with E-state index in [1.807, 2.05) is 37.3 Å². The lowest BCUT2D eigenvalue weighted by Gasteiger charge is -2.14. The van der Waals surface area contributed by atoms with Crippen molar-refractivity contribution in [2.45, 2.75) is 24.8 Å². The Hall–Kier alpha value is -1.66. The number of hydrogen-bond donors (Lipinski definition) is 2. The molecule has 1 aromatic heterocycles. The van der Waals surface area contributed by atoms with Crippen LogP contribution in [0.25, 0.3) is 0 Å². The highest BCUT2D eigenvalue weighted by molar-refractivity contribution is 7.89. The molecule has 1 aromatic carbocycles. The Labute approximate surface area is 106 Å². The molecule has 1 heterocycles. The van der Waals surface area contributed by atoms with E-state index in [4.69, 9.17) is 0 Å². The van der Waals surface area contributed by atoms with Crippen LogP contribution in [0.1, 0.15) is 24.2 Å². The van der Waals surface area contributed by atoms with Gasteiger partial charge in [0, 0.05) is 6.04 Å². The number of rotatable bonds is 4. The van der Waals surface area contributed by atoms with E-state index in [1.54, 1.807) is 6.92 Å². The molecule has 5 nitrogen and oxygen atoms in total. The Morgan fingerprint density at radius 2 is 1.94 bits per heavy atom. The van der Waals surface area contributed by atoms with E-state index in [9.17, 15) is 8.42 Å². The summed E-state index contributed by atoms with van der Waals surface area (Å²) >= 11 is 0. The van der Waals surface area contributed by atoms with E-state index in [0.717, 1.165) is 5.56 Å². The van der Waals surface area contributed by atoms with Crippen molar-refractivity contribution in [2.75, 3.05) is 0 Å². The first kappa shape index (κ1) is 12.8. The summed E-state index contributed by atoms with van der Waals surface area (Å²) in [5, 5.41) is 6.34. The van der Waals surface area contributed by atoms with E-state index in [1.165, 1.54) is 6.20 Å². The Bertz CT molecular complexity index is 620. The number of sulfonamides is 1. The molecule has 0 aliphatic heterocycles. The van der Waals surface area contributed by atoms with Gasteiger partial charge in [-0.1, -0.05) is 30.3 Å². The average Bonchev–Trinajstić information content (AvgIpc) is 2.77. The topological polar surface area (TPSA) is 74.8 Å². The standard InChI is InChI=1S/C12H15N3O2S/c1-9(11-6-4-3-5-7-11)15-18(16,17)12-8-13-14-10(12)2/h3-9,15H,1-2H3,(H,13,14)/t9-/m1/s1. The molecular formula is C12H15N3O2S. The van der Waals surface area contributed by atoms with Crippen molar-refractivity contribution in [3.63, 3.8) is 0 Å². The Balaban J connectivity index is 2.22. The van der Waals surface area contributed by atoms with Crippen LogP contribution in [-0.2, 0) is 10.0 Å². The highest BCUT2D eigenvalue weighted by atomic mass is 32.2. The van der Waals surface area contributed by atoms with Crippen molar-refractivity contribution in [1.82, 2.24) is 14.9 Å². The van der Waals surface area contributed by atoms with Gasteiger partial charge < -0.3 is 0 Å². The van der Waals surface area contributed by atoms with Crippen molar-refractivity contribution in [3.8, 4) is 0 Å². The third kappa shape index (κ3) is 2.60. The van der Waals surface area contributed by atoms with Crippen LogP contribution >= 0.6 is 0 Å². The first-order valence-corrected chi connectivity index (χ1v) is 7.06. The zero-order valence-electron chi connectivity index (χ0n) is 10.2. The third-order valence-corrected chi connectivity index (χ3v) is 4.36. The van der Waals surface area contributed by atoms with Crippen LogP contribution in [0.3, 0.4) is 0 Å². The lowest BCUT2D eigenvalue weighted by Crippen LogP contribution is -2.27. The fourth-order valence-electron chi connectivity index (χ4n) is 1.72. The van der Waals surface area contributed by atoms with E-state index < -0.39 is 10.0 Å². The molecule has 0 fully saturated rings. The zero-order valence-corrected chi connectivity index (χ0v) is 11.0. The fraction of sp³-hybridized carbons (Fsp3) is 0.250. The Morgan fingerprint density at radius 1 is 1.28 bits per heavy atom. The molecule has 18 heavy (non-hydrogen) atoms. The van der Waals surface area contributed by atoms with Gasteiger partial charge in [-0.15, -0.1) is 0 Å². The minimum absolute atomic E-state index is 0.185. The number of nitrogens with zero attached hydrogens (tertiary/aromatic N) is 1. The number of aryl methyl sites for hydroxylation is 1. The lowest BCUT2D eigenvalue weighted by molar-refractivity contribution is 0.566. The molecule has 2 rings (SSSR count). The average molecular weight is 265 g/mol. The van der Waals surface area contributed by atoms with Crippen LogP contribution in [0.4, 0.5) is 0 Å². The predicted octanol–water partition coefficient (Wildman–Crippen LogP) is 1.76. The molecule has 0 saturated carbocycles. The largest absolute Gasteiger partial charge is 0.281 e.